The van der Waals surface area contributed by atoms with Crippen LogP contribution in [0.25, 0.3) is 54.6 Å². The smallest absolute Gasteiger partial charge is 0.333 e. The zero-order chi connectivity index (χ0) is 29.2. The second kappa shape index (κ2) is 8.43. The maximum Gasteiger partial charge on any atom is 0.333 e. The van der Waals surface area contributed by atoms with E-state index in [-0.39, 0.29) is 6.85 Å². The molecule has 2 nitrogen and oxygen atoms in total. The molecule has 0 aliphatic carbocycles. The Morgan fingerprint density at radius 2 is 0.756 bits per heavy atom. The van der Waals surface area contributed by atoms with Gasteiger partial charge in [0.1, 0.15) is 0 Å². The van der Waals surface area contributed by atoms with E-state index >= 15 is 0 Å². The third-order valence-corrected chi connectivity index (χ3v) is 10.3. The Morgan fingerprint density at radius 3 is 1.31 bits per heavy atom. The minimum absolute atomic E-state index is 0.105. The van der Waals surface area contributed by atoms with Crippen molar-refractivity contribution in [2.24, 2.45) is 0 Å². The molecule has 0 unspecified atom stereocenters. The van der Waals surface area contributed by atoms with Crippen molar-refractivity contribution in [2.75, 3.05) is 9.71 Å². The molecule has 0 bridgehead atoms. The lowest BCUT2D eigenvalue weighted by Crippen LogP contribution is -2.63. The molecule has 0 radical (unpaired) electrons. The van der Waals surface area contributed by atoms with Crippen molar-refractivity contribution in [1.29, 1.82) is 0 Å². The maximum atomic E-state index is 2.60. The first-order valence-electron chi connectivity index (χ1n) is 15.7. The van der Waals surface area contributed by atoms with E-state index in [0.29, 0.717) is 0 Å². The first kappa shape index (κ1) is 23.6. The summed E-state index contributed by atoms with van der Waals surface area (Å²) in [6.45, 7) is 0.105. The molecule has 3 heteroatoms. The number of hydrogen-bond acceptors (Lipinski definition) is 2. The summed E-state index contributed by atoms with van der Waals surface area (Å²) in [5.74, 6) is 0. The fraction of sp³-hybridized carbons (Fsp3) is 0. The van der Waals surface area contributed by atoms with Crippen LogP contribution in [0.3, 0.4) is 0 Å². The van der Waals surface area contributed by atoms with E-state index < -0.39 is 0 Å². The highest BCUT2D eigenvalue weighted by Crippen LogP contribution is 2.51. The van der Waals surface area contributed by atoms with Crippen molar-refractivity contribution in [3.05, 3.63) is 152 Å². The van der Waals surface area contributed by atoms with Crippen LogP contribution >= 0.6 is 0 Å². The molecule has 3 aliphatic heterocycles. The zero-order valence-electron chi connectivity index (χ0n) is 24.4. The maximum absolute atomic E-state index is 2.60. The van der Waals surface area contributed by atoms with Crippen LogP contribution in [0.1, 0.15) is 0 Å². The molecule has 0 aromatic heterocycles. The topological polar surface area (TPSA) is 6.48 Å². The van der Waals surface area contributed by atoms with Crippen LogP contribution in [0, 0.1) is 0 Å². The van der Waals surface area contributed by atoms with Crippen molar-refractivity contribution in [1.82, 2.24) is 0 Å². The lowest BCUT2D eigenvalue weighted by Gasteiger charge is -2.49. The Balaban J connectivity index is 1.27. The quantitative estimate of drug-likeness (QED) is 0.144. The summed E-state index contributed by atoms with van der Waals surface area (Å²) in [6, 6.07) is 56.4. The van der Waals surface area contributed by atoms with Gasteiger partial charge in [0.25, 0.3) is 0 Å². The largest absolute Gasteiger partial charge is 0.376 e. The van der Waals surface area contributed by atoms with E-state index in [1.165, 1.54) is 93.9 Å². The molecule has 0 saturated heterocycles. The Morgan fingerprint density at radius 1 is 0.333 bits per heavy atom. The van der Waals surface area contributed by atoms with Gasteiger partial charge in [-0.3, -0.25) is 0 Å². The summed E-state index contributed by atoms with van der Waals surface area (Å²) < 4.78 is 0. The minimum atomic E-state index is 0.105. The lowest BCUT2D eigenvalue weighted by atomic mass is 9.41. The molecule has 11 rings (SSSR count). The summed E-state index contributed by atoms with van der Waals surface area (Å²) in [5, 5.41) is 7.78. The van der Waals surface area contributed by atoms with Crippen molar-refractivity contribution in [2.45, 2.75) is 0 Å². The van der Waals surface area contributed by atoms with Crippen molar-refractivity contribution in [3.8, 4) is 22.3 Å². The van der Waals surface area contributed by atoms with Crippen LogP contribution in [-0.2, 0) is 0 Å². The van der Waals surface area contributed by atoms with Gasteiger partial charge in [-0.05, 0) is 90.8 Å². The number of benzene rings is 8. The van der Waals surface area contributed by atoms with E-state index in [0.717, 1.165) is 0 Å². The number of anilines is 5. The van der Waals surface area contributed by atoms with E-state index in [1.807, 2.05) is 0 Å². The van der Waals surface area contributed by atoms with Crippen molar-refractivity contribution >= 4 is 78.5 Å². The number of nitrogens with zero attached hydrogens (tertiary/aromatic N) is 2. The summed E-state index contributed by atoms with van der Waals surface area (Å²) in [4.78, 5) is 5.12. The van der Waals surface area contributed by atoms with Crippen LogP contribution in [0.5, 0.6) is 0 Å². The number of hydrogen-bond donors (Lipinski definition) is 0. The first-order chi connectivity index (χ1) is 22.4. The summed E-state index contributed by atoms with van der Waals surface area (Å²) in [5.41, 5.74) is 14.2. The molecule has 3 heterocycles. The van der Waals surface area contributed by atoms with Gasteiger partial charge in [0.2, 0.25) is 0 Å². The summed E-state index contributed by atoms with van der Waals surface area (Å²) in [7, 11) is 0. The van der Waals surface area contributed by atoms with Crippen molar-refractivity contribution in [3.63, 3.8) is 0 Å². The molecule has 8 aromatic carbocycles. The Labute approximate surface area is 261 Å². The molecule has 0 spiro atoms. The predicted molar refractivity (Wildman–Crippen MR) is 192 cm³/mol. The molecule has 0 atom stereocenters. The molecule has 0 amide bonds. The van der Waals surface area contributed by atoms with Gasteiger partial charge < -0.3 is 9.71 Å². The van der Waals surface area contributed by atoms with Crippen LogP contribution in [0.2, 0.25) is 0 Å². The van der Waals surface area contributed by atoms with Gasteiger partial charge in [-0.1, -0.05) is 115 Å². The second-order valence-electron chi connectivity index (χ2n) is 12.4. The highest BCUT2D eigenvalue weighted by Gasteiger charge is 2.48. The molecule has 8 aromatic rings. The Hall–Kier alpha value is -5.80. The zero-order valence-corrected chi connectivity index (χ0v) is 24.4. The molecule has 0 fully saturated rings. The predicted octanol–water partition coefficient (Wildman–Crippen LogP) is 9.83. The fourth-order valence-corrected chi connectivity index (χ4v) is 8.62. The molecular weight excluding hydrogens is 543 g/mol. The average molecular weight is 568 g/mol. The second-order valence-corrected chi connectivity index (χ2v) is 12.4. The normalized spacial score (nSPS) is 13.6. The molecule has 3 aliphatic rings. The Bertz CT molecular complexity index is 2450. The van der Waals surface area contributed by atoms with E-state index in [1.54, 1.807) is 0 Å². The minimum Gasteiger partial charge on any atom is -0.376 e. The van der Waals surface area contributed by atoms with Gasteiger partial charge >= 0.3 is 6.85 Å². The molecule has 206 valence electrons. The van der Waals surface area contributed by atoms with Gasteiger partial charge in [0.05, 0.1) is 0 Å². The highest BCUT2D eigenvalue weighted by molar-refractivity contribution is 6.95. The van der Waals surface area contributed by atoms with Crippen LogP contribution in [0.4, 0.5) is 28.4 Å². The van der Waals surface area contributed by atoms with Crippen LogP contribution in [-0.4, -0.2) is 6.85 Å². The van der Waals surface area contributed by atoms with Gasteiger partial charge in [0, 0.05) is 39.6 Å². The summed E-state index contributed by atoms with van der Waals surface area (Å²) >= 11 is 0. The molecule has 45 heavy (non-hydrogen) atoms. The van der Waals surface area contributed by atoms with Gasteiger partial charge in [-0.25, -0.2) is 0 Å². The molecule has 0 N–H and O–H groups in total. The average Bonchev–Trinajstić information content (AvgIpc) is 3.11. The molecular formula is C42H25BN2. The SMILES string of the molecule is c1ccc2c(c1)-c1cccc3c1B1c4c(cccc4N3c3ccc4c5ccccc5c5ccccc5c4c3)-c3ccccc3N12. The molecule has 0 saturated carbocycles. The van der Waals surface area contributed by atoms with E-state index in [2.05, 4.69) is 161 Å². The fourth-order valence-electron chi connectivity index (χ4n) is 8.62. The standard InChI is InChI=1S/C42H25BN2/c1-2-13-29-27(11-1)28-12-3-4-14-30(28)36-25-26(23-24-31(29)36)44-39-21-9-17-34-32-15-5-7-19-37(32)45-38-20-8-6-16-33(38)35-18-10-22-40(44)42(35)43(45)41(34)39/h1-25H. The highest BCUT2D eigenvalue weighted by atomic mass is 15.2. The monoisotopic (exact) mass is 568 g/mol. The van der Waals surface area contributed by atoms with Crippen LogP contribution < -0.4 is 20.6 Å². The third kappa shape index (κ3) is 2.91. The summed E-state index contributed by atoms with van der Waals surface area (Å²) in [6.07, 6.45) is 0. The van der Waals surface area contributed by atoms with Gasteiger partial charge in [-0.15, -0.1) is 0 Å². The number of para-hydroxylation sites is 2. The van der Waals surface area contributed by atoms with Crippen LogP contribution in [0.15, 0.2) is 152 Å². The van der Waals surface area contributed by atoms with Gasteiger partial charge in [-0.2, -0.15) is 0 Å². The first-order valence-corrected chi connectivity index (χ1v) is 15.7. The lowest BCUT2D eigenvalue weighted by molar-refractivity contribution is 1.26. The number of rotatable bonds is 1. The van der Waals surface area contributed by atoms with E-state index in [4.69, 9.17) is 0 Å². The Kier molecular flexibility index (Phi) is 4.43. The van der Waals surface area contributed by atoms with Crippen molar-refractivity contribution < 1.29 is 0 Å². The third-order valence-electron chi connectivity index (χ3n) is 10.3. The number of fused-ring (bicyclic) bond motifs is 12. The van der Waals surface area contributed by atoms with E-state index in [9.17, 15) is 0 Å². The van der Waals surface area contributed by atoms with Gasteiger partial charge in [0.15, 0.2) is 0 Å².